The molecule has 2 saturated heterocycles. The summed E-state index contributed by atoms with van der Waals surface area (Å²) in [5.41, 5.74) is 2.25. The molecule has 0 bridgehead atoms. The first-order valence-electron chi connectivity index (χ1n) is 9.81. The summed E-state index contributed by atoms with van der Waals surface area (Å²) in [6, 6.07) is 7.81. The lowest BCUT2D eigenvalue weighted by Gasteiger charge is -2.29. The molecule has 0 unspecified atom stereocenters. The number of anilines is 2. The van der Waals surface area contributed by atoms with E-state index in [4.69, 9.17) is 33.3 Å². The third-order valence-electron chi connectivity index (χ3n) is 5.21. The Hall–Kier alpha value is -2.42. The Balaban J connectivity index is 1.33. The smallest absolute Gasteiger partial charge is 0.414 e. The van der Waals surface area contributed by atoms with E-state index in [1.165, 1.54) is 0 Å². The van der Waals surface area contributed by atoms with E-state index in [-0.39, 0.29) is 12.5 Å². The van der Waals surface area contributed by atoms with Gasteiger partial charge in [0.05, 0.1) is 31.9 Å². The van der Waals surface area contributed by atoms with Gasteiger partial charge in [-0.3, -0.25) is 9.69 Å². The molecule has 2 amide bonds. The number of rotatable bonds is 5. The van der Waals surface area contributed by atoms with Crippen LogP contribution in [-0.4, -0.2) is 62.4 Å². The van der Waals surface area contributed by atoms with Crippen molar-refractivity contribution in [1.82, 2.24) is 5.32 Å². The summed E-state index contributed by atoms with van der Waals surface area (Å²) in [6.07, 6.45) is 2.93. The second kappa shape index (κ2) is 9.16. The maximum absolute atomic E-state index is 12.4. The van der Waals surface area contributed by atoms with Crippen LogP contribution in [0.5, 0.6) is 0 Å². The van der Waals surface area contributed by atoms with Crippen molar-refractivity contribution >= 4 is 52.1 Å². The van der Waals surface area contributed by atoms with Crippen LogP contribution in [0.3, 0.4) is 0 Å². The van der Waals surface area contributed by atoms with Gasteiger partial charge in [0.2, 0.25) is 0 Å². The molecule has 0 spiro atoms. The maximum atomic E-state index is 12.4. The Labute approximate surface area is 185 Å². The lowest BCUT2D eigenvalue weighted by Crippen LogP contribution is -2.37. The van der Waals surface area contributed by atoms with Crippen LogP contribution in [0.1, 0.15) is 6.42 Å². The first-order chi connectivity index (χ1) is 14.5. The summed E-state index contributed by atoms with van der Waals surface area (Å²) in [5.74, 6) is -0.310. The highest BCUT2D eigenvalue weighted by Gasteiger charge is 2.33. The number of halogens is 1. The minimum atomic E-state index is -0.441. The number of nitrogens with one attached hydrogen (secondary N) is 1. The Morgan fingerprint density at radius 1 is 1.20 bits per heavy atom. The van der Waals surface area contributed by atoms with E-state index < -0.39 is 12.2 Å². The van der Waals surface area contributed by atoms with E-state index in [1.54, 1.807) is 17.1 Å². The number of cyclic esters (lactones) is 1. The highest BCUT2D eigenvalue weighted by molar-refractivity contribution is 7.81. The molecule has 1 atom stereocenters. The molecule has 0 aromatic heterocycles. The molecule has 0 radical (unpaired) electrons. The fourth-order valence-electron chi connectivity index (χ4n) is 3.58. The second-order valence-electron chi connectivity index (χ2n) is 7.22. The van der Waals surface area contributed by atoms with Crippen molar-refractivity contribution in [3.8, 4) is 0 Å². The zero-order chi connectivity index (χ0) is 21.1. The van der Waals surface area contributed by atoms with Crippen LogP contribution in [0.25, 0.3) is 0 Å². The number of thiocarbonyl (C=S) groups is 1. The molecule has 2 heterocycles. The summed E-state index contributed by atoms with van der Waals surface area (Å²) < 4.78 is 10.8. The van der Waals surface area contributed by atoms with Crippen LogP contribution >= 0.6 is 23.8 Å². The van der Waals surface area contributed by atoms with Crippen molar-refractivity contribution < 1.29 is 19.1 Å². The molecule has 2 aliphatic heterocycles. The number of morpholine rings is 1. The monoisotopic (exact) mass is 447 g/mol. The maximum Gasteiger partial charge on any atom is 0.414 e. The van der Waals surface area contributed by atoms with Crippen molar-refractivity contribution in [2.45, 2.75) is 12.5 Å². The van der Waals surface area contributed by atoms with Gasteiger partial charge >= 0.3 is 6.09 Å². The lowest BCUT2D eigenvalue weighted by molar-refractivity contribution is -0.117. The molecule has 4 rings (SSSR count). The molecular formula is C21H22ClN3O4S. The summed E-state index contributed by atoms with van der Waals surface area (Å²) in [5, 5.41) is 3.28. The van der Waals surface area contributed by atoms with E-state index >= 15 is 0 Å². The van der Waals surface area contributed by atoms with Crippen LogP contribution in [0, 0.1) is 0 Å². The van der Waals surface area contributed by atoms with Crippen LogP contribution in [0.15, 0.2) is 47.0 Å². The molecule has 2 fully saturated rings. The Morgan fingerprint density at radius 3 is 2.63 bits per heavy atom. The van der Waals surface area contributed by atoms with E-state index in [9.17, 15) is 9.59 Å². The fourth-order valence-corrected chi connectivity index (χ4v) is 4.00. The molecule has 1 aromatic carbocycles. The highest BCUT2D eigenvalue weighted by Crippen LogP contribution is 2.25. The SMILES string of the molecule is O=C(NC[C@H]1CN(c2ccc(N3CCOCC3)cc2)C(=O)O1)C1=CC(Cl)=CCC1=S. The van der Waals surface area contributed by atoms with Gasteiger partial charge in [0.15, 0.2) is 0 Å². The number of nitrogens with zero attached hydrogens (tertiary/aromatic N) is 2. The number of hydrogen-bond donors (Lipinski definition) is 1. The zero-order valence-electron chi connectivity index (χ0n) is 16.3. The number of carbonyl (C=O) groups is 2. The number of allylic oxidation sites excluding steroid dienone is 3. The molecule has 7 nitrogen and oxygen atoms in total. The van der Waals surface area contributed by atoms with Crippen LogP contribution in [0.4, 0.5) is 16.2 Å². The van der Waals surface area contributed by atoms with Gasteiger partial charge in [-0.15, -0.1) is 0 Å². The predicted octanol–water partition coefficient (Wildman–Crippen LogP) is 2.79. The molecule has 1 N–H and O–H groups in total. The summed E-state index contributed by atoms with van der Waals surface area (Å²) in [6.45, 7) is 3.71. The third kappa shape index (κ3) is 4.66. The van der Waals surface area contributed by atoms with Gasteiger partial charge in [0, 0.05) is 40.8 Å². The summed E-state index contributed by atoms with van der Waals surface area (Å²) in [7, 11) is 0. The fraction of sp³-hybridized carbons (Fsp3) is 0.381. The highest BCUT2D eigenvalue weighted by atomic mass is 35.5. The minimum Gasteiger partial charge on any atom is -0.442 e. The average Bonchev–Trinajstić information content (AvgIpc) is 3.15. The van der Waals surface area contributed by atoms with E-state index in [0.29, 0.717) is 28.4 Å². The van der Waals surface area contributed by atoms with Gasteiger partial charge in [-0.2, -0.15) is 0 Å². The van der Waals surface area contributed by atoms with Crippen LogP contribution < -0.4 is 15.1 Å². The van der Waals surface area contributed by atoms with Crippen molar-refractivity contribution in [2.75, 3.05) is 49.2 Å². The first-order valence-corrected chi connectivity index (χ1v) is 10.6. The van der Waals surface area contributed by atoms with Crippen LogP contribution in [0.2, 0.25) is 0 Å². The average molecular weight is 448 g/mol. The standard InChI is InChI=1S/C21H22ClN3O4S/c22-14-1-6-19(30)18(11-14)20(26)23-12-17-13-25(21(27)29-17)16-4-2-15(3-5-16)24-7-9-28-10-8-24/h1-5,11,17H,6-10,12-13H2,(H,23,26)/t17-/m0/s1. The molecule has 30 heavy (non-hydrogen) atoms. The predicted molar refractivity (Wildman–Crippen MR) is 119 cm³/mol. The number of benzene rings is 1. The molecule has 1 aromatic rings. The Bertz CT molecular complexity index is 909. The van der Waals surface area contributed by atoms with Crippen molar-refractivity contribution in [1.29, 1.82) is 0 Å². The molecule has 9 heteroatoms. The van der Waals surface area contributed by atoms with Gasteiger partial charge in [0.25, 0.3) is 5.91 Å². The number of ether oxygens (including phenoxy) is 2. The molecular weight excluding hydrogens is 426 g/mol. The number of amides is 2. The van der Waals surface area contributed by atoms with E-state index in [0.717, 1.165) is 37.7 Å². The topological polar surface area (TPSA) is 71.1 Å². The Kier molecular flexibility index (Phi) is 6.36. The molecule has 158 valence electrons. The molecule has 0 saturated carbocycles. The zero-order valence-corrected chi connectivity index (χ0v) is 17.9. The van der Waals surface area contributed by atoms with Gasteiger partial charge < -0.3 is 19.7 Å². The van der Waals surface area contributed by atoms with Gasteiger partial charge in [-0.25, -0.2) is 4.79 Å². The minimum absolute atomic E-state index is 0.203. The quantitative estimate of drug-likeness (QED) is 0.700. The largest absolute Gasteiger partial charge is 0.442 e. The molecule has 1 aliphatic carbocycles. The molecule has 3 aliphatic rings. The van der Waals surface area contributed by atoms with E-state index in [1.807, 2.05) is 24.3 Å². The number of hydrogen-bond acceptors (Lipinski definition) is 6. The van der Waals surface area contributed by atoms with Crippen molar-refractivity contribution in [3.05, 3.63) is 47.0 Å². The summed E-state index contributed by atoms with van der Waals surface area (Å²) >= 11 is 11.2. The summed E-state index contributed by atoms with van der Waals surface area (Å²) in [4.78, 5) is 29.1. The Morgan fingerprint density at radius 2 is 1.90 bits per heavy atom. The van der Waals surface area contributed by atoms with Crippen LogP contribution in [-0.2, 0) is 14.3 Å². The van der Waals surface area contributed by atoms with Crippen molar-refractivity contribution in [2.24, 2.45) is 0 Å². The third-order valence-corrected chi connectivity index (χ3v) is 5.86. The van der Waals surface area contributed by atoms with Gasteiger partial charge in [0.1, 0.15) is 6.10 Å². The second-order valence-corrected chi connectivity index (χ2v) is 8.15. The van der Waals surface area contributed by atoms with E-state index in [2.05, 4.69) is 10.2 Å². The van der Waals surface area contributed by atoms with Crippen molar-refractivity contribution in [3.63, 3.8) is 0 Å². The normalized spacial score (nSPS) is 21.8. The van der Waals surface area contributed by atoms with Gasteiger partial charge in [-0.1, -0.05) is 29.9 Å². The lowest BCUT2D eigenvalue weighted by atomic mass is 10.0. The van der Waals surface area contributed by atoms with Gasteiger partial charge in [-0.05, 0) is 30.3 Å². The number of carbonyl (C=O) groups excluding carboxylic acids is 2. The first kappa shape index (κ1) is 20.8.